The van der Waals surface area contributed by atoms with E-state index in [1.807, 2.05) is 6.07 Å². The molecule has 1 aliphatic heterocycles. The van der Waals surface area contributed by atoms with Crippen LogP contribution in [0.4, 0.5) is 0 Å². The first-order valence-electron chi connectivity index (χ1n) is 10.1. The van der Waals surface area contributed by atoms with Crippen molar-refractivity contribution >= 4 is 52.4 Å². The summed E-state index contributed by atoms with van der Waals surface area (Å²) >= 11 is 18.4. The summed E-state index contributed by atoms with van der Waals surface area (Å²) in [5, 5.41) is 3.66. The first-order valence-corrected chi connectivity index (χ1v) is 11.2. The molecule has 8 heteroatoms. The number of hydrogen-bond acceptors (Lipinski definition) is 4. The quantitative estimate of drug-likeness (QED) is 0.561. The third-order valence-corrected chi connectivity index (χ3v) is 6.81. The average molecular weight is 481 g/mol. The van der Waals surface area contributed by atoms with E-state index in [1.165, 1.54) is 0 Å². The average Bonchev–Trinajstić information content (AvgIpc) is 3.03. The number of benzene rings is 2. The molecule has 0 saturated carbocycles. The maximum atomic E-state index is 12.9. The summed E-state index contributed by atoms with van der Waals surface area (Å²) in [5.41, 5.74) is 2.14. The van der Waals surface area contributed by atoms with Gasteiger partial charge in [0.15, 0.2) is 5.78 Å². The molecular formula is C23H20Cl3NO4. The fourth-order valence-electron chi connectivity index (χ4n) is 4.21. The molecule has 2 aliphatic rings. The summed E-state index contributed by atoms with van der Waals surface area (Å²) in [4.78, 5) is 36.2. The Balaban J connectivity index is 1.43. The highest BCUT2D eigenvalue weighted by atomic mass is 35.5. The zero-order valence-corrected chi connectivity index (χ0v) is 18.8. The van der Waals surface area contributed by atoms with E-state index in [0.29, 0.717) is 64.0 Å². The number of carbonyl (C=O) groups excluding carboxylic acids is 3. The van der Waals surface area contributed by atoms with Crippen LogP contribution < -0.4 is 10.1 Å². The van der Waals surface area contributed by atoms with Gasteiger partial charge in [-0.1, -0.05) is 46.9 Å². The number of piperidine rings is 1. The Morgan fingerprint density at radius 3 is 2.42 bits per heavy atom. The van der Waals surface area contributed by atoms with Crippen LogP contribution >= 0.6 is 34.8 Å². The van der Waals surface area contributed by atoms with Gasteiger partial charge < -0.3 is 4.74 Å². The minimum atomic E-state index is -0.236. The number of ketones is 1. The van der Waals surface area contributed by atoms with Crippen molar-refractivity contribution in [1.29, 1.82) is 0 Å². The molecule has 31 heavy (non-hydrogen) atoms. The summed E-state index contributed by atoms with van der Waals surface area (Å²) in [6.45, 7) is 0.153. The van der Waals surface area contributed by atoms with Crippen molar-refractivity contribution in [1.82, 2.24) is 5.32 Å². The van der Waals surface area contributed by atoms with Crippen LogP contribution in [0.25, 0.3) is 0 Å². The molecule has 2 aromatic carbocycles. The van der Waals surface area contributed by atoms with Crippen LogP contribution in [0.3, 0.4) is 0 Å². The number of fused-ring (bicyclic) bond motifs is 1. The number of carbonyl (C=O) groups is 3. The number of rotatable bonds is 6. The molecule has 0 radical (unpaired) electrons. The van der Waals surface area contributed by atoms with Crippen LogP contribution in [-0.2, 0) is 22.6 Å². The van der Waals surface area contributed by atoms with Crippen molar-refractivity contribution in [2.24, 2.45) is 11.8 Å². The van der Waals surface area contributed by atoms with Gasteiger partial charge in [-0.25, -0.2) is 0 Å². The molecule has 1 heterocycles. The maximum Gasteiger partial charge on any atom is 0.229 e. The van der Waals surface area contributed by atoms with Gasteiger partial charge in [-0.2, -0.15) is 0 Å². The van der Waals surface area contributed by atoms with Crippen LogP contribution in [0.5, 0.6) is 5.75 Å². The van der Waals surface area contributed by atoms with Gasteiger partial charge in [0, 0.05) is 40.0 Å². The Morgan fingerprint density at radius 2 is 1.71 bits per heavy atom. The molecule has 2 aromatic rings. The molecule has 162 valence electrons. The molecule has 2 unspecified atom stereocenters. The predicted octanol–water partition coefficient (Wildman–Crippen LogP) is 5.41. The van der Waals surface area contributed by atoms with E-state index in [9.17, 15) is 14.4 Å². The van der Waals surface area contributed by atoms with Gasteiger partial charge in [0.25, 0.3) is 0 Å². The Kier molecular flexibility index (Phi) is 6.56. The van der Waals surface area contributed by atoms with Crippen molar-refractivity contribution in [2.75, 3.05) is 0 Å². The smallest absolute Gasteiger partial charge is 0.229 e. The molecule has 1 aliphatic carbocycles. The van der Waals surface area contributed by atoms with Crippen LogP contribution in [0, 0.1) is 11.8 Å². The molecule has 4 rings (SSSR count). The lowest BCUT2D eigenvalue weighted by molar-refractivity contribution is -0.136. The van der Waals surface area contributed by atoms with Crippen molar-refractivity contribution in [3.8, 4) is 5.75 Å². The number of halogens is 3. The van der Waals surface area contributed by atoms with Gasteiger partial charge in [-0.3, -0.25) is 19.7 Å². The minimum Gasteiger partial charge on any atom is -0.488 e. The maximum absolute atomic E-state index is 12.9. The largest absolute Gasteiger partial charge is 0.488 e. The van der Waals surface area contributed by atoms with E-state index < -0.39 is 0 Å². The highest BCUT2D eigenvalue weighted by Crippen LogP contribution is 2.38. The number of nitrogens with one attached hydrogen (secondary N) is 1. The van der Waals surface area contributed by atoms with E-state index in [1.54, 1.807) is 24.3 Å². The zero-order valence-electron chi connectivity index (χ0n) is 16.6. The molecule has 0 aromatic heterocycles. The standard InChI is InChI=1S/C23H20Cl3NO4/c24-14-9-18(25)17(19(26)10-14)11-31-20-3-1-2-15-16(20)8-13(22(15)29)5-4-12-6-7-21(28)27-23(12)30/h1-3,9-10,12-13H,4-8,11H2,(H,27,28,30). The fourth-order valence-corrected chi connectivity index (χ4v) is 5.14. The summed E-state index contributed by atoms with van der Waals surface area (Å²) < 4.78 is 5.99. The third kappa shape index (κ3) is 4.74. The number of amides is 2. The molecule has 1 N–H and O–H groups in total. The number of hydrogen-bond donors (Lipinski definition) is 1. The van der Waals surface area contributed by atoms with Gasteiger partial charge in [-0.15, -0.1) is 0 Å². The normalized spacial score (nSPS) is 20.5. The second-order valence-corrected chi connectivity index (χ2v) is 9.16. The zero-order chi connectivity index (χ0) is 22.1. The van der Waals surface area contributed by atoms with Crippen molar-refractivity contribution in [3.05, 3.63) is 62.1 Å². The Bertz CT molecular complexity index is 1050. The first kappa shape index (κ1) is 22.1. The number of Topliss-reactive ketones (excluding diaryl/α,β-unsaturated/α-hetero) is 1. The Labute approximate surface area is 195 Å². The van der Waals surface area contributed by atoms with Gasteiger partial charge in [0.2, 0.25) is 11.8 Å². The van der Waals surface area contributed by atoms with Gasteiger partial charge in [-0.05, 0) is 43.9 Å². The molecule has 0 spiro atoms. The number of imide groups is 1. The fraction of sp³-hybridized carbons (Fsp3) is 0.348. The van der Waals surface area contributed by atoms with Gasteiger partial charge in [0.1, 0.15) is 12.4 Å². The van der Waals surface area contributed by atoms with Crippen LogP contribution in [0.1, 0.15) is 47.2 Å². The lowest BCUT2D eigenvalue weighted by atomic mass is 9.88. The molecule has 2 amide bonds. The van der Waals surface area contributed by atoms with E-state index in [4.69, 9.17) is 39.5 Å². The minimum absolute atomic E-state index is 0.0651. The van der Waals surface area contributed by atoms with Crippen LogP contribution in [0.15, 0.2) is 30.3 Å². The third-order valence-electron chi connectivity index (χ3n) is 5.91. The lowest BCUT2D eigenvalue weighted by Gasteiger charge is -2.21. The topological polar surface area (TPSA) is 72.5 Å². The van der Waals surface area contributed by atoms with E-state index in [0.717, 1.165) is 5.56 Å². The summed E-state index contributed by atoms with van der Waals surface area (Å²) in [5.74, 6) is -0.202. The van der Waals surface area contributed by atoms with E-state index in [-0.39, 0.29) is 36.0 Å². The summed E-state index contributed by atoms with van der Waals surface area (Å²) in [7, 11) is 0. The lowest BCUT2D eigenvalue weighted by Crippen LogP contribution is -2.40. The van der Waals surface area contributed by atoms with E-state index in [2.05, 4.69) is 5.32 Å². The van der Waals surface area contributed by atoms with Crippen molar-refractivity contribution in [2.45, 2.75) is 38.7 Å². The molecule has 2 atom stereocenters. The highest BCUT2D eigenvalue weighted by Gasteiger charge is 2.34. The molecule has 1 saturated heterocycles. The second-order valence-electron chi connectivity index (χ2n) is 7.91. The Hall–Kier alpha value is -2.08. The van der Waals surface area contributed by atoms with Crippen molar-refractivity contribution in [3.63, 3.8) is 0 Å². The van der Waals surface area contributed by atoms with E-state index >= 15 is 0 Å². The predicted molar refractivity (Wildman–Crippen MR) is 119 cm³/mol. The molecule has 0 bridgehead atoms. The number of ether oxygens (including phenoxy) is 1. The van der Waals surface area contributed by atoms with Gasteiger partial charge in [0.05, 0.1) is 10.0 Å². The van der Waals surface area contributed by atoms with Crippen LogP contribution in [0.2, 0.25) is 15.1 Å². The molecule has 5 nitrogen and oxygen atoms in total. The SMILES string of the molecule is O=C1CCC(CCC2Cc3c(OCc4c(Cl)cc(Cl)cc4Cl)cccc3C2=O)C(=O)N1. The highest BCUT2D eigenvalue weighted by molar-refractivity contribution is 6.39. The summed E-state index contributed by atoms with van der Waals surface area (Å²) in [6.07, 6.45) is 2.61. The van der Waals surface area contributed by atoms with Crippen molar-refractivity contribution < 1.29 is 19.1 Å². The molecular weight excluding hydrogens is 461 g/mol. The van der Waals surface area contributed by atoms with Crippen LogP contribution in [-0.4, -0.2) is 17.6 Å². The summed E-state index contributed by atoms with van der Waals surface area (Å²) in [6, 6.07) is 8.64. The second kappa shape index (κ2) is 9.19. The first-order chi connectivity index (χ1) is 14.8. The monoisotopic (exact) mass is 479 g/mol. The Morgan fingerprint density at radius 1 is 1.00 bits per heavy atom. The molecule has 1 fully saturated rings. The van der Waals surface area contributed by atoms with Gasteiger partial charge >= 0.3 is 0 Å².